The third-order valence-electron chi connectivity index (χ3n) is 6.35. The van der Waals surface area contributed by atoms with E-state index >= 15 is 0 Å². The number of benzene rings is 2. The highest BCUT2D eigenvalue weighted by Gasteiger charge is 2.31. The number of hydrogen-bond acceptors (Lipinski definition) is 7. The molecule has 3 aromatic rings. The van der Waals surface area contributed by atoms with Gasteiger partial charge in [-0.1, -0.05) is 55.1 Å². The van der Waals surface area contributed by atoms with E-state index in [9.17, 15) is 4.79 Å². The molecule has 2 aliphatic heterocycles. The van der Waals surface area contributed by atoms with Crippen molar-refractivity contribution >= 4 is 17.7 Å². The molecule has 0 saturated carbocycles. The van der Waals surface area contributed by atoms with Crippen LogP contribution in [0.4, 0.5) is 0 Å². The first kappa shape index (κ1) is 22.8. The minimum absolute atomic E-state index is 0.0511. The lowest BCUT2D eigenvalue weighted by molar-refractivity contribution is -0.129. The van der Waals surface area contributed by atoms with Gasteiger partial charge in [0.05, 0.1) is 25.0 Å². The van der Waals surface area contributed by atoms with Crippen LogP contribution in [0.5, 0.6) is 11.5 Å². The average molecular weight is 480 g/mol. The summed E-state index contributed by atoms with van der Waals surface area (Å²) in [6.07, 6.45) is 3.47. The van der Waals surface area contributed by atoms with Crippen molar-refractivity contribution < 1.29 is 18.7 Å². The van der Waals surface area contributed by atoms with Crippen LogP contribution < -0.4 is 9.47 Å². The molecule has 1 aromatic heterocycles. The quantitative estimate of drug-likeness (QED) is 0.440. The minimum atomic E-state index is 0.0511. The van der Waals surface area contributed by atoms with E-state index in [0.717, 1.165) is 42.9 Å². The van der Waals surface area contributed by atoms with Gasteiger partial charge in [-0.15, -0.1) is 10.2 Å². The second-order valence-electron chi connectivity index (χ2n) is 8.77. The highest BCUT2D eigenvalue weighted by atomic mass is 32.2. The van der Waals surface area contributed by atoms with Crippen LogP contribution in [0, 0.1) is 0 Å². The van der Waals surface area contributed by atoms with Crippen molar-refractivity contribution in [3.8, 4) is 11.5 Å². The van der Waals surface area contributed by atoms with Crippen molar-refractivity contribution in [3.05, 3.63) is 65.5 Å². The van der Waals surface area contributed by atoms with Gasteiger partial charge < -0.3 is 18.8 Å². The Hall–Kier alpha value is -3.00. The summed E-state index contributed by atoms with van der Waals surface area (Å²) in [5.74, 6) is 2.78. The molecule has 0 bridgehead atoms. The number of thioether (sulfide) groups is 1. The van der Waals surface area contributed by atoms with Gasteiger partial charge in [0.25, 0.3) is 5.22 Å². The van der Waals surface area contributed by atoms with Gasteiger partial charge in [0.15, 0.2) is 11.5 Å². The monoisotopic (exact) mass is 479 g/mol. The number of carbonyl (C=O) groups is 1. The standard InChI is InChI=1S/C26H29N3O4S/c1-18(19-7-3-2-4-8-19)15-24-27-28-26(33-24)34-17-25(30)29-12-5-9-21(29)20-10-11-22-23(16-20)32-14-6-13-31-22/h2-4,7-8,10-11,16,18,21H,5-6,9,12-15,17H2,1H3. The predicted molar refractivity (Wildman–Crippen MR) is 129 cm³/mol. The van der Waals surface area contributed by atoms with E-state index in [0.29, 0.717) is 30.7 Å². The summed E-state index contributed by atoms with van der Waals surface area (Å²) >= 11 is 1.31. The van der Waals surface area contributed by atoms with Crippen LogP contribution in [0.25, 0.3) is 0 Å². The molecule has 0 spiro atoms. The summed E-state index contributed by atoms with van der Waals surface area (Å²) in [5, 5.41) is 8.76. The van der Waals surface area contributed by atoms with Gasteiger partial charge in [-0.25, -0.2) is 0 Å². The number of hydrogen-bond donors (Lipinski definition) is 0. The topological polar surface area (TPSA) is 77.7 Å². The van der Waals surface area contributed by atoms with Crippen LogP contribution in [0.15, 0.2) is 58.2 Å². The predicted octanol–water partition coefficient (Wildman–Crippen LogP) is 5.03. The minimum Gasteiger partial charge on any atom is -0.490 e. The summed E-state index contributed by atoms with van der Waals surface area (Å²) < 4.78 is 17.4. The van der Waals surface area contributed by atoms with Crippen molar-refractivity contribution in [2.75, 3.05) is 25.5 Å². The molecule has 2 aliphatic rings. The lowest BCUT2D eigenvalue weighted by Crippen LogP contribution is -2.32. The maximum atomic E-state index is 13.1. The maximum absolute atomic E-state index is 13.1. The molecular formula is C26H29N3O4S. The zero-order valence-electron chi connectivity index (χ0n) is 19.3. The Kier molecular flexibility index (Phi) is 7.04. The van der Waals surface area contributed by atoms with Crippen LogP contribution in [-0.2, 0) is 11.2 Å². The smallest absolute Gasteiger partial charge is 0.277 e. The summed E-state index contributed by atoms with van der Waals surface area (Å²) in [4.78, 5) is 15.0. The second kappa shape index (κ2) is 10.5. The molecule has 3 heterocycles. The second-order valence-corrected chi connectivity index (χ2v) is 9.69. The molecule has 34 heavy (non-hydrogen) atoms. The third kappa shape index (κ3) is 5.22. The summed E-state index contributed by atoms with van der Waals surface area (Å²) in [6, 6.07) is 16.4. The summed E-state index contributed by atoms with van der Waals surface area (Å²) in [5.41, 5.74) is 2.33. The number of amides is 1. The number of ether oxygens (including phenoxy) is 2. The molecule has 1 saturated heterocycles. The Bertz CT molecular complexity index is 1120. The van der Waals surface area contributed by atoms with Crippen LogP contribution in [0.3, 0.4) is 0 Å². The Morgan fingerprint density at radius 1 is 1.09 bits per heavy atom. The van der Waals surface area contributed by atoms with Crippen LogP contribution in [0.1, 0.15) is 55.2 Å². The molecule has 2 unspecified atom stereocenters. The van der Waals surface area contributed by atoms with Gasteiger partial charge >= 0.3 is 0 Å². The van der Waals surface area contributed by atoms with Crippen LogP contribution in [0.2, 0.25) is 0 Å². The molecule has 5 rings (SSSR count). The number of aromatic nitrogens is 2. The fraction of sp³-hybridized carbons (Fsp3) is 0.423. The molecular weight excluding hydrogens is 450 g/mol. The van der Waals surface area contributed by atoms with E-state index in [-0.39, 0.29) is 23.6 Å². The molecule has 2 atom stereocenters. The van der Waals surface area contributed by atoms with Gasteiger partial charge in [0, 0.05) is 19.4 Å². The molecule has 178 valence electrons. The first-order valence-corrected chi connectivity index (χ1v) is 12.8. The van der Waals surface area contributed by atoms with Crippen molar-refractivity contribution in [1.29, 1.82) is 0 Å². The Balaban J connectivity index is 1.18. The number of fused-ring (bicyclic) bond motifs is 1. The normalized spacial score (nSPS) is 18.5. The fourth-order valence-corrected chi connectivity index (χ4v) is 5.21. The van der Waals surface area contributed by atoms with Crippen molar-refractivity contribution in [2.24, 2.45) is 0 Å². The van der Waals surface area contributed by atoms with E-state index in [4.69, 9.17) is 13.9 Å². The van der Waals surface area contributed by atoms with E-state index in [1.54, 1.807) is 0 Å². The molecule has 1 fully saturated rings. The lowest BCUT2D eigenvalue weighted by atomic mass is 9.98. The number of rotatable bonds is 7. The highest BCUT2D eigenvalue weighted by Crippen LogP contribution is 2.38. The number of nitrogens with zero attached hydrogens (tertiary/aromatic N) is 3. The van der Waals surface area contributed by atoms with E-state index in [1.165, 1.54) is 17.3 Å². The molecule has 0 radical (unpaired) electrons. The summed E-state index contributed by atoms with van der Waals surface area (Å²) in [7, 11) is 0. The third-order valence-corrected chi connectivity index (χ3v) is 7.15. The summed E-state index contributed by atoms with van der Waals surface area (Å²) in [6.45, 7) is 4.21. The van der Waals surface area contributed by atoms with Gasteiger partial charge in [-0.2, -0.15) is 0 Å². The molecule has 1 amide bonds. The SMILES string of the molecule is CC(Cc1nnc(SCC(=O)N2CCCC2c2ccc3c(c2)OCCCO3)o1)c1ccccc1. The van der Waals surface area contributed by atoms with Crippen molar-refractivity contribution in [1.82, 2.24) is 15.1 Å². The largest absolute Gasteiger partial charge is 0.490 e. The average Bonchev–Trinajstić information content (AvgIpc) is 3.47. The zero-order chi connectivity index (χ0) is 23.3. The van der Waals surface area contributed by atoms with Gasteiger partial charge in [0.2, 0.25) is 11.8 Å². The molecule has 8 heteroatoms. The molecule has 7 nitrogen and oxygen atoms in total. The van der Waals surface area contributed by atoms with Gasteiger partial charge in [-0.05, 0) is 42.0 Å². The highest BCUT2D eigenvalue weighted by molar-refractivity contribution is 7.99. The van der Waals surface area contributed by atoms with E-state index in [2.05, 4.69) is 35.3 Å². The Morgan fingerprint density at radius 3 is 2.76 bits per heavy atom. The molecule has 0 N–H and O–H groups in total. The molecule has 0 aliphatic carbocycles. The Labute approximate surface area is 203 Å². The van der Waals surface area contributed by atoms with Crippen LogP contribution >= 0.6 is 11.8 Å². The first-order chi connectivity index (χ1) is 16.7. The van der Waals surface area contributed by atoms with Crippen molar-refractivity contribution in [2.45, 2.75) is 49.8 Å². The van der Waals surface area contributed by atoms with Crippen LogP contribution in [-0.4, -0.2) is 46.5 Å². The van der Waals surface area contributed by atoms with Gasteiger partial charge in [-0.3, -0.25) is 4.79 Å². The van der Waals surface area contributed by atoms with Crippen molar-refractivity contribution in [3.63, 3.8) is 0 Å². The fourth-order valence-electron chi connectivity index (χ4n) is 4.55. The van der Waals surface area contributed by atoms with E-state index in [1.807, 2.05) is 35.2 Å². The zero-order valence-corrected chi connectivity index (χ0v) is 20.1. The number of likely N-dealkylation sites (tertiary alicyclic amines) is 1. The number of carbonyl (C=O) groups excluding carboxylic acids is 1. The molecule has 2 aromatic carbocycles. The van der Waals surface area contributed by atoms with E-state index < -0.39 is 0 Å². The Morgan fingerprint density at radius 2 is 1.91 bits per heavy atom. The van der Waals surface area contributed by atoms with Gasteiger partial charge in [0.1, 0.15) is 0 Å². The first-order valence-electron chi connectivity index (χ1n) is 11.9. The maximum Gasteiger partial charge on any atom is 0.277 e. The lowest BCUT2D eigenvalue weighted by Gasteiger charge is -2.25.